The quantitative estimate of drug-likeness (QED) is 0.394. The summed E-state index contributed by atoms with van der Waals surface area (Å²) in [5, 5.41) is 9.73. The second-order valence-corrected chi connectivity index (χ2v) is 10.1. The molecular weight excluding hydrogens is 420 g/mol. The zero-order chi connectivity index (χ0) is 24.0. The van der Waals surface area contributed by atoms with E-state index in [9.17, 15) is 14.7 Å². The number of allylic oxidation sites excluding steroid dienone is 1. The van der Waals surface area contributed by atoms with Gasteiger partial charge < -0.3 is 19.3 Å². The third-order valence-electron chi connectivity index (χ3n) is 7.67. The molecule has 0 radical (unpaired) electrons. The summed E-state index contributed by atoms with van der Waals surface area (Å²) in [4.78, 5) is 25.2. The number of ether oxygens (including phenoxy) is 3. The summed E-state index contributed by atoms with van der Waals surface area (Å²) in [5.74, 6) is -1.10. The molecule has 2 fully saturated rings. The molecule has 0 amide bonds. The van der Waals surface area contributed by atoms with E-state index in [2.05, 4.69) is 6.92 Å². The van der Waals surface area contributed by atoms with E-state index in [0.29, 0.717) is 6.42 Å². The maximum atomic E-state index is 12.9. The third kappa shape index (κ3) is 4.04. The average Bonchev–Trinajstić information content (AvgIpc) is 3.28. The van der Waals surface area contributed by atoms with Crippen LogP contribution in [0.25, 0.3) is 6.08 Å². The number of aliphatic hydroxyl groups is 1. The van der Waals surface area contributed by atoms with E-state index in [0.717, 1.165) is 24.0 Å². The lowest BCUT2D eigenvalue weighted by Gasteiger charge is -2.50. The summed E-state index contributed by atoms with van der Waals surface area (Å²) >= 11 is 0. The molecule has 3 aliphatic rings. The predicted molar refractivity (Wildman–Crippen MR) is 124 cm³/mol. The van der Waals surface area contributed by atoms with Crippen molar-refractivity contribution >= 4 is 18.0 Å². The summed E-state index contributed by atoms with van der Waals surface area (Å²) in [5.41, 5.74) is 1.69. The number of aliphatic hydroxyl groups excluding tert-OH is 1. The number of carbonyl (C=O) groups excluding carboxylic acids is 2. The maximum absolute atomic E-state index is 12.9. The number of benzene rings is 1. The molecule has 2 heterocycles. The van der Waals surface area contributed by atoms with Gasteiger partial charge >= 0.3 is 11.9 Å². The van der Waals surface area contributed by atoms with E-state index in [-0.39, 0.29) is 11.8 Å². The van der Waals surface area contributed by atoms with E-state index in [1.165, 1.54) is 18.6 Å². The highest BCUT2D eigenvalue weighted by Crippen LogP contribution is 2.61. The van der Waals surface area contributed by atoms with E-state index in [1.54, 1.807) is 6.08 Å². The molecule has 1 aromatic carbocycles. The maximum Gasteiger partial charge on any atom is 0.335 e. The van der Waals surface area contributed by atoms with Gasteiger partial charge in [0, 0.05) is 18.4 Å². The van der Waals surface area contributed by atoms with Crippen molar-refractivity contribution in [3.63, 3.8) is 0 Å². The number of hydrogen-bond donors (Lipinski definition) is 1. The van der Waals surface area contributed by atoms with Crippen molar-refractivity contribution in [3.8, 4) is 0 Å². The summed E-state index contributed by atoms with van der Waals surface area (Å²) in [6.45, 7) is 9.58. The van der Waals surface area contributed by atoms with Crippen LogP contribution in [0, 0.1) is 11.8 Å². The summed E-state index contributed by atoms with van der Waals surface area (Å²) in [7, 11) is 0. The molecule has 6 atom stereocenters. The van der Waals surface area contributed by atoms with Crippen molar-refractivity contribution in [1.82, 2.24) is 0 Å². The third-order valence-corrected chi connectivity index (χ3v) is 7.67. The summed E-state index contributed by atoms with van der Waals surface area (Å²) < 4.78 is 18.7. The zero-order valence-corrected chi connectivity index (χ0v) is 20.0. The first kappa shape index (κ1) is 23.7. The van der Waals surface area contributed by atoms with Crippen LogP contribution in [0.15, 0.2) is 47.6 Å². The molecule has 0 spiro atoms. The van der Waals surface area contributed by atoms with Gasteiger partial charge in [0.15, 0.2) is 6.10 Å². The lowest BCUT2D eigenvalue weighted by molar-refractivity contribution is -0.223. The van der Waals surface area contributed by atoms with Crippen LogP contribution < -0.4 is 0 Å². The van der Waals surface area contributed by atoms with Gasteiger partial charge in [-0.3, -0.25) is 0 Å². The fourth-order valence-electron chi connectivity index (χ4n) is 5.79. The van der Waals surface area contributed by atoms with Gasteiger partial charge in [0.1, 0.15) is 23.4 Å². The first-order chi connectivity index (χ1) is 15.6. The topological polar surface area (TPSA) is 82.1 Å². The van der Waals surface area contributed by atoms with E-state index in [1.807, 2.05) is 51.1 Å². The molecule has 1 N–H and O–H groups in total. The monoisotopic (exact) mass is 454 g/mol. The van der Waals surface area contributed by atoms with Crippen molar-refractivity contribution in [2.45, 2.75) is 83.4 Å². The van der Waals surface area contributed by atoms with Crippen molar-refractivity contribution in [1.29, 1.82) is 0 Å². The molecule has 2 saturated heterocycles. The summed E-state index contributed by atoms with van der Waals surface area (Å²) in [6.07, 6.45) is 3.05. The highest BCUT2D eigenvalue weighted by atomic mass is 16.6. The molecule has 1 aliphatic carbocycles. The van der Waals surface area contributed by atoms with Gasteiger partial charge in [-0.2, -0.15) is 0 Å². The van der Waals surface area contributed by atoms with Gasteiger partial charge in [-0.15, -0.1) is 0 Å². The molecule has 6 nitrogen and oxygen atoms in total. The highest BCUT2D eigenvalue weighted by molar-refractivity contribution is 5.87. The molecule has 1 aromatic rings. The van der Waals surface area contributed by atoms with E-state index >= 15 is 0 Å². The Balaban J connectivity index is 1.68. The van der Waals surface area contributed by atoms with Gasteiger partial charge in [0.05, 0.1) is 0 Å². The second kappa shape index (κ2) is 8.73. The highest BCUT2D eigenvalue weighted by Gasteiger charge is 2.70. The molecule has 0 unspecified atom stereocenters. The Morgan fingerprint density at radius 3 is 2.52 bits per heavy atom. The fraction of sp³-hybridized carbons (Fsp3) is 0.556. The lowest BCUT2D eigenvalue weighted by Crippen LogP contribution is -2.58. The Labute approximate surface area is 195 Å². The minimum absolute atomic E-state index is 0.00447. The number of hydrogen-bond acceptors (Lipinski definition) is 6. The Hall–Kier alpha value is -2.44. The molecule has 4 rings (SSSR count). The molecule has 2 aliphatic heterocycles. The van der Waals surface area contributed by atoms with E-state index in [4.69, 9.17) is 14.2 Å². The fourth-order valence-corrected chi connectivity index (χ4v) is 5.79. The molecular formula is C27H34O6. The SMILES string of the molecule is CC1=C2[C@@H](CC1)[C@]1(C)O[C@@](C(C)C)(C[C@H]1OC(=O)[C@H](C)O)[C@H]2OC(=O)C=Cc1ccccc1. The Bertz CT molecular complexity index is 978. The van der Waals surface area contributed by atoms with Gasteiger partial charge in [-0.25, -0.2) is 9.59 Å². The molecule has 6 heteroatoms. The van der Waals surface area contributed by atoms with Gasteiger partial charge in [0.25, 0.3) is 0 Å². The number of esters is 2. The Morgan fingerprint density at radius 2 is 1.88 bits per heavy atom. The number of rotatable bonds is 6. The lowest BCUT2D eigenvalue weighted by atomic mass is 9.74. The first-order valence-corrected chi connectivity index (χ1v) is 11.8. The predicted octanol–water partition coefficient (Wildman–Crippen LogP) is 4.22. The standard InChI is InChI=1S/C27H34O6/c1-16(2)27-15-21(31-25(30)18(4)28)26(5,33-27)20-13-11-17(3)23(20)24(27)32-22(29)14-12-19-9-7-6-8-10-19/h6-10,12,14,16,18,20-21,24,28H,11,13,15H2,1-5H3/t18-,20+,21+,24-,26-,27+/m0/s1. The van der Waals surface area contributed by atoms with Crippen LogP contribution in [0.1, 0.15) is 59.4 Å². The van der Waals surface area contributed by atoms with Crippen LogP contribution in [0.3, 0.4) is 0 Å². The van der Waals surface area contributed by atoms with Gasteiger partial charge in [0.2, 0.25) is 0 Å². The average molecular weight is 455 g/mol. The van der Waals surface area contributed by atoms with Gasteiger partial charge in [-0.05, 0) is 56.7 Å². The van der Waals surface area contributed by atoms with Crippen LogP contribution in [-0.2, 0) is 23.8 Å². The molecule has 178 valence electrons. The normalized spacial score (nSPS) is 34.0. The van der Waals surface area contributed by atoms with Crippen LogP contribution in [-0.4, -0.2) is 46.6 Å². The minimum Gasteiger partial charge on any atom is -0.457 e. The van der Waals surface area contributed by atoms with Crippen molar-refractivity contribution in [2.24, 2.45) is 11.8 Å². The van der Waals surface area contributed by atoms with E-state index < -0.39 is 41.5 Å². The van der Waals surface area contributed by atoms with Crippen LogP contribution in [0.2, 0.25) is 0 Å². The smallest absolute Gasteiger partial charge is 0.335 e. The Morgan fingerprint density at radius 1 is 1.18 bits per heavy atom. The first-order valence-electron chi connectivity index (χ1n) is 11.8. The van der Waals surface area contributed by atoms with Crippen molar-refractivity contribution in [3.05, 3.63) is 53.1 Å². The van der Waals surface area contributed by atoms with Crippen molar-refractivity contribution < 1.29 is 28.9 Å². The number of fused-ring (bicyclic) bond motifs is 4. The molecule has 2 bridgehead atoms. The zero-order valence-electron chi connectivity index (χ0n) is 20.0. The minimum atomic E-state index is -1.21. The van der Waals surface area contributed by atoms with Crippen LogP contribution in [0.4, 0.5) is 0 Å². The van der Waals surface area contributed by atoms with Crippen LogP contribution in [0.5, 0.6) is 0 Å². The summed E-state index contributed by atoms with van der Waals surface area (Å²) in [6, 6.07) is 9.60. The molecule has 33 heavy (non-hydrogen) atoms. The largest absolute Gasteiger partial charge is 0.457 e. The Kier molecular flexibility index (Phi) is 6.27. The van der Waals surface area contributed by atoms with Crippen LogP contribution >= 0.6 is 0 Å². The second-order valence-electron chi connectivity index (χ2n) is 10.1. The molecule has 0 saturated carbocycles. The van der Waals surface area contributed by atoms with Crippen molar-refractivity contribution in [2.75, 3.05) is 0 Å². The molecule has 0 aromatic heterocycles. The number of carbonyl (C=O) groups is 2. The van der Waals surface area contributed by atoms with Gasteiger partial charge in [-0.1, -0.05) is 49.8 Å².